The SMILES string of the molecule is CC1CCCCN1CCN1CC(S(N)(=O)=O)CC1=O. The molecule has 2 N–H and O–H groups in total. The Balaban J connectivity index is 1.85. The summed E-state index contributed by atoms with van der Waals surface area (Å²) in [5.74, 6) is -0.0938. The molecule has 2 saturated heterocycles. The van der Waals surface area contributed by atoms with Crippen LogP contribution in [0.5, 0.6) is 0 Å². The van der Waals surface area contributed by atoms with Gasteiger partial charge in [-0.3, -0.25) is 9.69 Å². The minimum atomic E-state index is -3.60. The van der Waals surface area contributed by atoms with Crippen LogP contribution in [0, 0.1) is 0 Å². The van der Waals surface area contributed by atoms with Crippen molar-refractivity contribution in [3.63, 3.8) is 0 Å². The number of nitrogens with two attached hydrogens (primary N) is 1. The number of amides is 1. The summed E-state index contributed by atoms with van der Waals surface area (Å²) in [6, 6.07) is 0.556. The first-order chi connectivity index (χ1) is 8.88. The van der Waals surface area contributed by atoms with Crippen LogP contribution in [-0.2, 0) is 14.8 Å². The molecule has 110 valence electrons. The fourth-order valence-electron chi connectivity index (χ4n) is 2.91. The van der Waals surface area contributed by atoms with Gasteiger partial charge in [0.15, 0.2) is 0 Å². The van der Waals surface area contributed by atoms with Crippen LogP contribution in [0.1, 0.15) is 32.6 Å². The number of sulfonamides is 1. The Morgan fingerprint density at radius 3 is 2.63 bits per heavy atom. The number of piperidine rings is 1. The molecule has 1 amide bonds. The summed E-state index contributed by atoms with van der Waals surface area (Å²) in [4.78, 5) is 15.8. The predicted molar refractivity (Wildman–Crippen MR) is 73.0 cm³/mol. The highest BCUT2D eigenvalue weighted by Gasteiger charge is 2.36. The van der Waals surface area contributed by atoms with Crippen molar-refractivity contribution in [1.82, 2.24) is 9.80 Å². The third-order valence-corrected chi connectivity index (χ3v) is 5.49. The zero-order valence-electron chi connectivity index (χ0n) is 11.4. The number of hydrogen-bond donors (Lipinski definition) is 1. The van der Waals surface area contributed by atoms with Crippen LogP contribution in [0.2, 0.25) is 0 Å². The molecule has 0 saturated carbocycles. The standard InChI is InChI=1S/C12H23N3O3S/c1-10-4-2-3-5-14(10)6-7-15-9-11(8-12(15)16)19(13,17)18/h10-11H,2-9H2,1H3,(H2,13,17,18). The molecule has 2 atom stereocenters. The Labute approximate surface area is 115 Å². The van der Waals surface area contributed by atoms with E-state index in [0.29, 0.717) is 12.6 Å². The molecule has 2 fully saturated rings. The van der Waals surface area contributed by atoms with Gasteiger partial charge in [-0.2, -0.15) is 0 Å². The van der Waals surface area contributed by atoms with Crippen LogP contribution >= 0.6 is 0 Å². The molecule has 2 aliphatic rings. The summed E-state index contributed by atoms with van der Waals surface area (Å²) in [6.07, 6.45) is 3.72. The lowest BCUT2D eigenvalue weighted by Gasteiger charge is -2.34. The van der Waals surface area contributed by atoms with Crippen molar-refractivity contribution in [3.8, 4) is 0 Å². The van der Waals surface area contributed by atoms with E-state index in [4.69, 9.17) is 5.14 Å². The second kappa shape index (κ2) is 5.76. The highest BCUT2D eigenvalue weighted by molar-refractivity contribution is 7.89. The average Bonchev–Trinajstić information content (AvgIpc) is 2.70. The number of carbonyl (C=O) groups is 1. The largest absolute Gasteiger partial charge is 0.340 e. The maximum absolute atomic E-state index is 11.8. The Morgan fingerprint density at radius 1 is 1.32 bits per heavy atom. The fraction of sp³-hybridized carbons (Fsp3) is 0.917. The molecule has 0 aliphatic carbocycles. The van der Waals surface area contributed by atoms with Crippen molar-refractivity contribution in [3.05, 3.63) is 0 Å². The van der Waals surface area contributed by atoms with Gasteiger partial charge in [-0.05, 0) is 26.3 Å². The van der Waals surface area contributed by atoms with E-state index in [0.717, 1.165) is 13.1 Å². The summed E-state index contributed by atoms with van der Waals surface area (Å²) in [5.41, 5.74) is 0. The Bertz CT molecular complexity index is 438. The number of rotatable bonds is 4. The van der Waals surface area contributed by atoms with Gasteiger partial charge < -0.3 is 4.90 Å². The Kier molecular flexibility index (Phi) is 4.47. The van der Waals surface area contributed by atoms with Gasteiger partial charge >= 0.3 is 0 Å². The maximum Gasteiger partial charge on any atom is 0.224 e. The van der Waals surface area contributed by atoms with Crippen LogP contribution in [0.25, 0.3) is 0 Å². The van der Waals surface area contributed by atoms with Gasteiger partial charge in [0.1, 0.15) is 5.25 Å². The molecular formula is C12H23N3O3S. The molecule has 0 spiro atoms. The zero-order valence-corrected chi connectivity index (χ0v) is 12.2. The third-order valence-electron chi connectivity index (χ3n) is 4.24. The van der Waals surface area contributed by atoms with Crippen molar-refractivity contribution in [2.75, 3.05) is 26.2 Å². The van der Waals surface area contributed by atoms with Crippen LogP contribution in [0.3, 0.4) is 0 Å². The van der Waals surface area contributed by atoms with E-state index in [1.54, 1.807) is 4.90 Å². The molecule has 0 aromatic rings. The van der Waals surface area contributed by atoms with Crippen molar-refractivity contribution in [2.45, 2.75) is 43.9 Å². The summed E-state index contributed by atoms with van der Waals surface area (Å²) in [7, 11) is -3.60. The minimum absolute atomic E-state index is 0.0361. The topological polar surface area (TPSA) is 83.7 Å². The van der Waals surface area contributed by atoms with Gasteiger partial charge in [0, 0.05) is 32.1 Å². The first-order valence-electron chi connectivity index (χ1n) is 6.91. The number of hydrogen-bond acceptors (Lipinski definition) is 4. The van der Waals surface area contributed by atoms with E-state index in [9.17, 15) is 13.2 Å². The molecule has 2 unspecified atom stereocenters. The van der Waals surface area contributed by atoms with Crippen molar-refractivity contribution >= 4 is 15.9 Å². The lowest BCUT2D eigenvalue weighted by atomic mass is 10.0. The normalized spacial score (nSPS) is 30.0. The highest BCUT2D eigenvalue weighted by atomic mass is 32.2. The second-order valence-electron chi connectivity index (χ2n) is 5.64. The van der Waals surface area contributed by atoms with Crippen LogP contribution in [0.4, 0.5) is 0 Å². The Morgan fingerprint density at radius 2 is 2.05 bits per heavy atom. The lowest BCUT2D eigenvalue weighted by molar-refractivity contribution is -0.127. The van der Waals surface area contributed by atoms with E-state index < -0.39 is 15.3 Å². The fourth-order valence-corrected chi connectivity index (χ4v) is 3.67. The van der Waals surface area contributed by atoms with Crippen LogP contribution in [0.15, 0.2) is 0 Å². The maximum atomic E-state index is 11.8. The molecule has 0 radical (unpaired) electrons. The van der Waals surface area contributed by atoms with E-state index in [2.05, 4.69) is 11.8 Å². The molecule has 2 rings (SSSR count). The smallest absolute Gasteiger partial charge is 0.224 e. The highest BCUT2D eigenvalue weighted by Crippen LogP contribution is 2.19. The van der Waals surface area contributed by atoms with Gasteiger partial charge in [0.25, 0.3) is 0 Å². The van der Waals surface area contributed by atoms with E-state index in [1.165, 1.54) is 19.3 Å². The zero-order chi connectivity index (χ0) is 14.0. The van der Waals surface area contributed by atoms with Gasteiger partial charge in [-0.1, -0.05) is 6.42 Å². The van der Waals surface area contributed by atoms with Crippen molar-refractivity contribution in [1.29, 1.82) is 0 Å². The van der Waals surface area contributed by atoms with Crippen LogP contribution < -0.4 is 5.14 Å². The Hall–Kier alpha value is -0.660. The summed E-state index contributed by atoms with van der Waals surface area (Å²) < 4.78 is 22.5. The number of likely N-dealkylation sites (tertiary alicyclic amines) is 2. The minimum Gasteiger partial charge on any atom is -0.340 e. The molecule has 2 heterocycles. The summed E-state index contributed by atoms with van der Waals surface area (Å²) >= 11 is 0. The first-order valence-corrected chi connectivity index (χ1v) is 8.52. The van der Waals surface area contributed by atoms with E-state index in [1.807, 2.05) is 0 Å². The molecule has 6 nitrogen and oxygen atoms in total. The van der Waals surface area contributed by atoms with E-state index in [-0.39, 0.29) is 18.9 Å². The summed E-state index contributed by atoms with van der Waals surface area (Å²) in [6.45, 7) is 4.96. The molecule has 0 bridgehead atoms. The molecular weight excluding hydrogens is 266 g/mol. The summed E-state index contributed by atoms with van der Waals surface area (Å²) in [5, 5.41) is 4.39. The third kappa shape index (κ3) is 3.67. The number of carbonyl (C=O) groups excluding carboxylic acids is 1. The van der Waals surface area contributed by atoms with Gasteiger partial charge in [0.2, 0.25) is 15.9 Å². The molecule has 7 heteroatoms. The van der Waals surface area contributed by atoms with E-state index >= 15 is 0 Å². The molecule has 19 heavy (non-hydrogen) atoms. The number of primary sulfonamides is 1. The molecule has 2 aliphatic heterocycles. The molecule has 0 aromatic carbocycles. The predicted octanol–water partition coefficient (Wildman–Crippen LogP) is -0.250. The van der Waals surface area contributed by atoms with Crippen LogP contribution in [-0.4, -0.2) is 61.6 Å². The second-order valence-corrected chi connectivity index (χ2v) is 7.48. The van der Waals surface area contributed by atoms with Gasteiger partial charge in [-0.25, -0.2) is 13.6 Å². The van der Waals surface area contributed by atoms with Crippen molar-refractivity contribution in [2.24, 2.45) is 5.14 Å². The quantitative estimate of drug-likeness (QED) is 0.773. The molecule has 0 aromatic heterocycles. The van der Waals surface area contributed by atoms with Gasteiger partial charge in [0.05, 0.1) is 0 Å². The number of nitrogens with zero attached hydrogens (tertiary/aromatic N) is 2. The van der Waals surface area contributed by atoms with Crippen molar-refractivity contribution < 1.29 is 13.2 Å². The van der Waals surface area contributed by atoms with Gasteiger partial charge in [-0.15, -0.1) is 0 Å². The first kappa shape index (κ1) is 14.7. The average molecular weight is 289 g/mol. The monoisotopic (exact) mass is 289 g/mol. The lowest BCUT2D eigenvalue weighted by Crippen LogP contribution is -2.43.